The van der Waals surface area contributed by atoms with Crippen molar-refractivity contribution in [3.8, 4) is 0 Å². The van der Waals surface area contributed by atoms with Crippen molar-refractivity contribution in [3.05, 3.63) is 17.2 Å². The van der Waals surface area contributed by atoms with Gasteiger partial charge in [0.25, 0.3) is 0 Å². The predicted molar refractivity (Wildman–Crippen MR) is 77.8 cm³/mol. The van der Waals surface area contributed by atoms with Gasteiger partial charge in [0.2, 0.25) is 5.91 Å². The second-order valence-electron chi connectivity index (χ2n) is 5.88. The van der Waals surface area contributed by atoms with Crippen LogP contribution in [0.25, 0.3) is 0 Å². The molecule has 0 spiro atoms. The van der Waals surface area contributed by atoms with Gasteiger partial charge in [-0.1, -0.05) is 0 Å². The van der Waals surface area contributed by atoms with E-state index in [1.54, 1.807) is 0 Å². The average Bonchev–Trinajstić information content (AvgIpc) is 2.82. The lowest BCUT2D eigenvalue weighted by atomic mass is 10.0. The fourth-order valence-corrected chi connectivity index (χ4v) is 3.47. The Hall–Kier alpha value is -1.36. The van der Waals surface area contributed by atoms with Crippen LogP contribution in [0, 0.1) is 6.92 Å². The summed E-state index contributed by atoms with van der Waals surface area (Å²) in [6, 6.07) is -0.123. The molecule has 1 atom stereocenters. The molecule has 0 radical (unpaired) electrons. The van der Waals surface area contributed by atoms with Gasteiger partial charge in [0.1, 0.15) is 11.9 Å². The number of amides is 1. The summed E-state index contributed by atoms with van der Waals surface area (Å²) in [7, 11) is 0. The zero-order valence-corrected chi connectivity index (χ0v) is 12.5. The molecule has 2 aliphatic rings. The van der Waals surface area contributed by atoms with Crippen LogP contribution in [0.5, 0.6) is 0 Å². The number of carbonyl (C=O) groups excluding carboxylic acids is 1. The lowest BCUT2D eigenvalue weighted by Crippen LogP contribution is -2.48. The number of aryl methyl sites for hydroxylation is 2. The summed E-state index contributed by atoms with van der Waals surface area (Å²) in [6.45, 7) is 7.49. The number of hydrogen-bond donors (Lipinski definition) is 1. The topological polar surface area (TPSA) is 50.2 Å². The van der Waals surface area contributed by atoms with Crippen molar-refractivity contribution in [1.82, 2.24) is 19.8 Å². The third kappa shape index (κ3) is 2.35. The molecule has 1 saturated heterocycles. The van der Waals surface area contributed by atoms with Gasteiger partial charge in [0.05, 0.1) is 5.69 Å². The van der Waals surface area contributed by atoms with Gasteiger partial charge in [0, 0.05) is 31.9 Å². The Kier molecular flexibility index (Phi) is 3.78. The van der Waals surface area contributed by atoms with Crippen LogP contribution in [-0.4, -0.2) is 46.5 Å². The van der Waals surface area contributed by atoms with Crippen LogP contribution in [0.3, 0.4) is 0 Å². The summed E-state index contributed by atoms with van der Waals surface area (Å²) in [5.41, 5.74) is 2.51. The first kappa shape index (κ1) is 13.6. The van der Waals surface area contributed by atoms with E-state index in [1.807, 2.05) is 18.7 Å². The molecule has 2 heterocycles. The Balaban J connectivity index is 1.84. The van der Waals surface area contributed by atoms with Gasteiger partial charge >= 0.3 is 0 Å². The van der Waals surface area contributed by atoms with Gasteiger partial charge in [-0.25, -0.2) is 4.98 Å². The summed E-state index contributed by atoms with van der Waals surface area (Å²) < 4.78 is 2.18. The number of rotatable bonds is 2. The van der Waals surface area contributed by atoms with Gasteiger partial charge in [0.15, 0.2) is 0 Å². The maximum Gasteiger partial charge on any atom is 0.245 e. The first-order chi connectivity index (χ1) is 9.68. The summed E-state index contributed by atoms with van der Waals surface area (Å²) in [6.07, 6.45) is 4.57. The van der Waals surface area contributed by atoms with Gasteiger partial charge in [-0.05, 0) is 39.5 Å². The number of nitrogens with one attached hydrogen (secondary N) is 1. The SMILES string of the molecule is Cc1nc2c(n1C(C)C(=O)N1CCNCC1)CCCC2. The van der Waals surface area contributed by atoms with Crippen molar-refractivity contribution in [1.29, 1.82) is 0 Å². The Bertz CT molecular complexity index is 502. The van der Waals surface area contributed by atoms with Gasteiger partial charge in [-0.3, -0.25) is 4.79 Å². The van der Waals surface area contributed by atoms with E-state index in [0.29, 0.717) is 0 Å². The van der Waals surface area contributed by atoms with Gasteiger partial charge in [-0.15, -0.1) is 0 Å². The molecule has 1 aliphatic heterocycles. The lowest BCUT2D eigenvalue weighted by Gasteiger charge is -2.31. The number of piperazine rings is 1. The van der Waals surface area contributed by atoms with Crippen molar-refractivity contribution < 1.29 is 4.79 Å². The quantitative estimate of drug-likeness (QED) is 0.879. The number of imidazole rings is 1. The van der Waals surface area contributed by atoms with Crippen LogP contribution < -0.4 is 5.32 Å². The van der Waals surface area contributed by atoms with E-state index < -0.39 is 0 Å². The van der Waals surface area contributed by atoms with Crippen molar-refractivity contribution in [2.24, 2.45) is 0 Å². The fraction of sp³-hybridized carbons (Fsp3) is 0.733. The number of hydrogen-bond acceptors (Lipinski definition) is 3. The maximum absolute atomic E-state index is 12.7. The largest absolute Gasteiger partial charge is 0.338 e. The van der Waals surface area contributed by atoms with E-state index in [-0.39, 0.29) is 11.9 Å². The highest BCUT2D eigenvalue weighted by molar-refractivity contribution is 5.80. The number of fused-ring (bicyclic) bond motifs is 1. The molecule has 1 fully saturated rings. The Labute approximate surface area is 120 Å². The number of aromatic nitrogens is 2. The molecule has 5 heteroatoms. The van der Waals surface area contributed by atoms with Crippen LogP contribution in [0.4, 0.5) is 0 Å². The minimum absolute atomic E-state index is 0.123. The molecule has 5 nitrogen and oxygen atoms in total. The second kappa shape index (κ2) is 5.56. The standard InChI is InChI=1S/C15H24N4O/c1-11(15(20)18-9-7-16-8-10-18)19-12(2)17-13-5-3-4-6-14(13)19/h11,16H,3-10H2,1-2H3. The molecule has 1 amide bonds. The van der Waals surface area contributed by atoms with E-state index in [2.05, 4.69) is 14.9 Å². The summed E-state index contributed by atoms with van der Waals surface area (Å²) in [5.74, 6) is 1.23. The Morgan fingerprint density at radius 1 is 1.25 bits per heavy atom. The third-order valence-electron chi connectivity index (χ3n) is 4.52. The molecule has 1 aromatic heterocycles. The molecule has 0 aromatic carbocycles. The molecule has 1 aromatic rings. The second-order valence-corrected chi connectivity index (χ2v) is 5.88. The van der Waals surface area contributed by atoms with Gasteiger partial charge < -0.3 is 14.8 Å². The minimum atomic E-state index is -0.123. The molecule has 0 saturated carbocycles. The lowest BCUT2D eigenvalue weighted by molar-refractivity contribution is -0.134. The Morgan fingerprint density at radius 3 is 2.70 bits per heavy atom. The van der Waals surface area contributed by atoms with Crippen LogP contribution in [0.2, 0.25) is 0 Å². The molecule has 1 aliphatic carbocycles. The summed E-state index contributed by atoms with van der Waals surface area (Å²) >= 11 is 0. The van der Waals surface area contributed by atoms with Crippen molar-refractivity contribution in [3.63, 3.8) is 0 Å². The molecular weight excluding hydrogens is 252 g/mol. The molecule has 1 unspecified atom stereocenters. The first-order valence-electron chi connectivity index (χ1n) is 7.74. The normalized spacial score (nSPS) is 20.6. The van der Waals surface area contributed by atoms with Crippen molar-refractivity contribution in [2.45, 2.75) is 45.6 Å². The van der Waals surface area contributed by atoms with Crippen LogP contribution in [0.15, 0.2) is 0 Å². The number of nitrogens with zero attached hydrogens (tertiary/aromatic N) is 3. The van der Waals surface area contributed by atoms with Crippen molar-refractivity contribution in [2.75, 3.05) is 26.2 Å². The van der Waals surface area contributed by atoms with Crippen LogP contribution in [0.1, 0.15) is 43.0 Å². The zero-order chi connectivity index (χ0) is 14.1. The number of carbonyl (C=O) groups is 1. The van der Waals surface area contributed by atoms with E-state index in [0.717, 1.165) is 44.8 Å². The van der Waals surface area contributed by atoms with Crippen LogP contribution in [-0.2, 0) is 17.6 Å². The monoisotopic (exact) mass is 276 g/mol. The van der Waals surface area contributed by atoms with Crippen LogP contribution >= 0.6 is 0 Å². The summed E-state index contributed by atoms with van der Waals surface area (Å²) in [4.78, 5) is 19.3. The van der Waals surface area contributed by atoms with Crippen molar-refractivity contribution >= 4 is 5.91 Å². The zero-order valence-electron chi connectivity index (χ0n) is 12.5. The predicted octanol–water partition coefficient (Wildman–Crippen LogP) is 1.06. The highest BCUT2D eigenvalue weighted by atomic mass is 16.2. The third-order valence-corrected chi connectivity index (χ3v) is 4.52. The fourth-order valence-electron chi connectivity index (χ4n) is 3.47. The van der Waals surface area contributed by atoms with E-state index in [9.17, 15) is 4.79 Å². The first-order valence-corrected chi connectivity index (χ1v) is 7.74. The smallest absolute Gasteiger partial charge is 0.245 e. The molecule has 0 bridgehead atoms. The van der Waals surface area contributed by atoms with E-state index in [1.165, 1.54) is 24.2 Å². The molecule has 3 rings (SSSR count). The average molecular weight is 276 g/mol. The minimum Gasteiger partial charge on any atom is -0.338 e. The highest BCUT2D eigenvalue weighted by Gasteiger charge is 2.28. The highest BCUT2D eigenvalue weighted by Crippen LogP contribution is 2.26. The Morgan fingerprint density at radius 2 is 1.95 bits per heavy atom. The molecule has 20 heavy (non-hydrogen) atoms. The summed E-state index contributed by atoms with van der Waals surface area (Å²) in [5, 5.41) is 3.29. The van der Waals surface area contributed by atoms with Gasteiger partial charge in [-0.2, -0.15) is 0 Å². The molecule has 1 N–H and O–H groups in total. The van der Waals surface area contributed by atoms with E-state index in [4.69, 9.17) is 0 Å². The van der Waals surface area contributed by atoms with E-state index >= 15 is 0 Å². The molecule has 110 valence electrons. The maximum atomic E-state index is 12.7. The molecular formula is C15H24N4O.